The van der Waals surface area contributed by atoms with Gasteiger partial charge in [0.1, 0.15) is 17.1 Å². The van der Waals surface area contributed by atoms with Crippen LogP contribution in [0.5, 0.6) is 5.75 Å². The van der Waals surface area contributed by atoms with Gasteiger partial charge >= 0.3 is 12.3 Å². The van der Waals surface area contributed by atoms with Crippen molar-refractivity contribution < 1.29 is 27.8 Å². The largest absolute Gasteiger partial charge is 0.573 e. The standard InChI is InChI=1S/C38H40F3N5O3/c39-38(40,41)49-27-11-7-10-25(22-27)36-42-30-15-14-29-34-32(24-8-3-1-4-9-24)28-13-12-26(37(47)48)23-31(28)46(34)21-20-45(35(29)33(30)43-36)19-18-44-16-5-2-6-17-44/h7,10-15,22-24H,1-6,8-9,16-21H2,(H,42,43)(H,47,48). The molecule has 0 atom stereocenters. The zero-order valence-corrected chi connectivity index (χ0v) is 27.4. The molecule has 0 bridgehead atoms. The van der Waals surface area contributed by atoms with Crippen LogP contribution in [-0.4, -0.2) is 69.6 Å². The Morgan fingerprint density at radius 1 is 0.918 bits per heavy atom. The molecule has 0 radical (unpaired) electrons. The van der Waals surface area contributed by atoms with E-state index in [1.165, 1.54) is 49.4 Å². The molecule has 4 heterocycles. The van der Waals surface area contributed by atoms with Crippen molar-refractivity contribution in [1.82, 2.24) is 19.4 Å². The van der Waals surface area contributed by atoms with Crippen molar-refractivity contribution in [2.75, 3.05) is 37.6 Å². The smallest absolute Gasteiger partial charge is 0.478 e. The predicted molar refractivity (Wildman–Crippen MR) is 184 cm³/mol. The van der Waals surface area contributed by atoms with Crippen molar-refractivity contribution in [1.29, 1.82) is 0 Å². The summed E-state index contributed by atoms with van der Waals surface area (Å²) in [6, 6.07) is 15.6. The second kappa shape index (κ2) is 12.7. The maximum absolute atomic E-state index is 13.1. The van der Waals surface area contributed by atoms with Crippen LogP contribution in [0.15, 0.2) is 54.6 Å². The lowest BCUT2D eigenvalue weighted by Gasteiger charge is -2.31. The fourth-order valence-electron chi connectivity index (χ4n) is 8.39. The molecule has 3 aliphatic rings. The number of ether oxygens (including phenoxy) is 1. The zero-order valence-electron chi connectivity index (χ0n) is 27.4. The third-order valence-electron chi connectivity index (χ3n) is 10.6. The number of imidazole rings is 1. The highest BCUT2D eigenvalue weighted by Gasteiger charge is 2.33. The SMILES string of the molecule is O=C(O)c1ccc2c(C3CCCCC3)c3n(c2c1)CCN(CCN1CCCCC1)c1c-3ccc2[nH]c(-c3cccc(OC(F)(F)F)c3)nc12. The number of aromatic amines is 1. The fraction of sp³-hybridized carbons (Fsp3) is 0.421. The van der Waals surface area contributed by atoms with Crippen molar-refractivity contribution in [2.24, 2.45) is 0 Å². The number of rotatable bonds is 7. The van der Waals surface area contributed by atoms with Crippen molar-refractivity contribution in [3.63, 3.8) is 0 Å². The molecular formula is C38H40F3N5O3. The number of aromatic nitrogens is 3. The first-order chi connectivity index (χ1) is 23.7. The van der Waals surface area contributed by atoms with Crippen LogP contribution in [0.2, 0.25) is 0 Å². The van der Waals surface area contributed by atoms with E-state index >= 15 is 0 Å². The summed E-state index contributed by atoms with van der Waals surface area (Å²) < 4.78 is 45.7. The van der Waals surface area contributed by atoms with Gasteiger partial charge in [0.05, 0.1) is 22.5 Å². The topological polar surface area (TPSA) is 86.6 Å². The van der Waals surface area contributed by atoms with Gasteiger partial charge in [-0.3, -0.25) is 0 Å². The molecule has 2 aliphatic heterocycles. The van der Waals surface area contributed by atoms with Crippen LogP contribution >= 0.6 is 0 Å². The molecule has 1 saturated carbocycles. The highest BCUT2D eigenvalue weighted by molar-refractivity contribution is 6.04. The highest BCUT2D eigenvalue weighted by atomic mass is 19.4. The average Bonchev–Trinajstić information content (AvgIpc) is 3.63. The van der Waals surface area contributed by atoms with Gasteiger partial charge in [0.15, 0.2) is 0 Å². The third-order valence-corrected chi connectivity index (χ3v) is 10.6. The summed E-state index contributed by atoms with van der Waals surface area (Å²) in [5.74, 6) is -0.410. The Hall–Kier alpha value is -4.51. The molecule has 3 aromatic carbocycles. The van der Waals surface area contributed by atoms with Crippen LogP contribution in [0.4, 0.5) is 18.9 Å². The Kier molecular flexibility index (Phi) is 8.26. The molecule has 8 nitrogen and oxygen atoms in total. The Labute approximate surface area is 282 Å². The number of fused-ring (bicyclic) bond motifs is 7. The normalized spacial score (nSPS) is 17.7. The van der Waals surface area contributed by atoms with E-state index in [-0.39, 0.29) is 11.3 Å². The van der Waals surface area contributed by atoms with Crippen molar-refractivity contribution in [3.8, 4) is 28.4 Å². The van der Waals surface area contributed by atoms with Crippen LogP contribution in [0.25, 0.3) is 44.6 Å². The maximum Gasteiger partial charge on any atom is 0.573 e. The Balaban J connectivity index is 1.31. The lowest BCUT2D eigenvalue weighted by Crippen LogP contribution is -2.38. The summed E-state index contributed by atoms with van der Waals surface area (Å²) in [7, 11) is 0. The first kappa shape index (κ1) is 31.7. The van der Waals surface area contributed by atoms with E-state index in [0.29, 0.717) is 30.4 Å². The summed E-state index contributed by atoms with van der Waals surface area (Å²) in [5, 5.41) is 11.1. The van der Waals surface area contributed by atoms with Gasteiger partial charge in [0.25, 0.3) is 0 Å². The van der Waals surface area contributed by atoms with Gasteiger partial charge in [0, 0.05) is 48.2 Å². The number of alkyl halides is 3. The predicted octanol–water partition coefficient (Wildman–Crippen LogP) is 8.80. The first-order valence-electron chi connectivity index (χ1n) is 17.5. The number of benzene rings is 3. The molecule has 1 aliphatic carbocycles. The number of aromatic carboxylic acids is 1. The van der Waals surface area contributed by atoms with Crippen molar-refractivity contribution in [2.45, 2.75) is 70.2 Å². The number of H-pyrrole nitrogens is 1. The molecule has 5 aromatic rings. The molecule has 0 amide bonds. The number of likely N-dealkylation sites (tertiary alicyclic amines) is 1. The lowest BCUT2D eigenvalue weighted by molar-refractivity contribution is -0.274. The monoisotopic (exact) mass is 671 g/mol. The van der Waals surface area contributed by atoms with Crippen LogP contribution < -0.4 is 9.64 Å². The number of hydrogen-bond acceptors (Lipinski definition) is 5. The van der Waals surface area contributed by atoms with Gasteiger partial charge in [-0.15, -0.1) is 13.2 Å². The van der Waals surface area contributed by atoms with Gasteiger partial charge in [-0.05, 0) is 86.7 Å². The molecule has 2 fully saturated rings. The summed E-state index contributed by atoms with van der Waals surface area (Å²) in [4.78, 5) is 25.6. The summed E-state index contributed by atoms with van der Waals surface area (Å²) in [6.07, 6.45) is 4.61. The number of nitrogens with zero attached hydrogens (tertiary/aromatic N) is 4. The quantitative estimate of drug-likeness (QED) is 0.180. The number of carbonyl (C=O) groups is 1. The van der Waals surface area contributed by atoms with Crippen LogP contribution in [-0.2, 0) is 6.54 Å². The minimum Gasteiger partial charge on any atom is -0.478 e. The molecule has 0 unspecified atom stereocenters. The molecule has 1 saturated heterocycles. The Morgan fingerprint density at radius 3 is 2.49 bits per heavy atom. The van der Waals surface area contributed by atoms with Gasteiger partial charge < -0.3 is 29.2 Å². The number of carboxylic acid groups (broad SMARTS) is 1. The Morgan fingerprint density at radius 2 is 1.71 bits per heavy atom. The molecule has 8 rings (SSSR count). The number of nitrogens with one attached hydrogen (secondary N) is 1. The number of piperidine rings is 1. The van der Waals surface area contributed by atoms with Gasteiger partial charge in [0.2, 0.25) is 0 Å². The minimum absolute atomic E-state index is 0.276. The number of anilines is 1. The van der Waals surface area contributed by atoms with Crippen molar-refractivity contribution >= 4 is 33.6 Å². The minimum atomic E-state index is -4.79. The van der Waals surface area contributed by atoms with Gasteiger partial charge in [-0.2, -0.15) is 0 Å². The van der Waals surface area contributed by atoms with Crippen molar-refractivity contribution in [3.05, 3.63) is 65.7 Å². The highest BCUT2D eigenvalue weighted by Crippen LogP contribution is 2.49. The van der Waals surface area contributed by atoms with E-state index < -0.39 is 12.3 Å². The Bertz CT molecular complexity index is 2020. The molecule has 11 heteroatoms. The van der Waals surface area contributed by atoms with Gasteiger partial charge in [-0.1, -0.05) is 43.9 Å². The second-order valence-electron chi connectivity index (χ2n) is 13.7. The molecular weight excluding hydrogens is 631 g/mol. The van der Waals surface area contributed by atoms with Crippen LogP contribution in [0.1, 0.15) is 73.2 Å². The average molecular weight is 672 g/mol. The fourth-order valence-corrected chi connectivity index (χ4v) is 8.39. The van der Waals surface area contributed by atoms with E-state index in [9.17, 15) is 23.1 Å². The van der Waals surface area contributed by atoms with E-state index in [0.717, 1.165) is 90.7 Å². The number of halogens is 3. The van der Waals surface area contributed by atoms with E-state index in [4.69, 9.17) is 4.98 Å². The summed E-state index contributed by atoms with van der Waals surface area (Å²) in [6.45, 7) is 5.27. The summed E-state index contributed by atoms with van der Waals surface area (Å²) >= 11 is 0. The summed E-state index contributed by atoms with van der Waals surface area (Å²) in [5.41, 5.74) is 7.79. The van der Waals surface area contributed by atoms with E-state index in [2.05, 4.69) is 30.2 Å². The molecule has 2 aromatic heterocycles. The van der Waals surface area contributed by atoms with Crippen LogP contribution in [0, 0.1) is 0 Å². The van der Waals surface area contributed by atoms with E-state index in [1.54, 1.807) is 12.1 Å². The number of hydrogen-bond donors (Lipinski definition) is 2. The number of carboxylic acids is 1. The molecule has 49 heavy (non-hydrogen) atoms. The van der Waals surface area contributed by atoms with Crippen LogP contribution in [0.3, 0.4) is 0 Å². The third kappa shape index (κ3) is 6.13. The maximum atomic E-state index is 13.1. The zero-order chi connectivity index (χ0) is 33.7. The lowest BCUT2D eigenvalue weighted by atomic mass is 9.81. The first-order valence-corrected chi connectivity index (χ1v) is 17.5. The van der Waals surface area contributed by atoms with Gasteiger partial charge in [-0.25, -0.2) is 9.78 Å². The molecule has 2 N–H and O–H groups in total. The molecule has 256 valence electrons. The molecule has 0 spiro atoms. The van der Waals surface area contributed by atoms with E-state index in [1.807, 2.05) is 18.2 Å². The second-order valence-corrected chi connectivity index (χ2v) is 13.7.